The Kier molecular flexibility index (Phi) is 4.71. The number of nitrogens with zero attached hydrogens (tertiary/aromatic N) is 5. The largest absolute Gasteiger partial charge is 0.376 e. The standard InChI is InChI=1S/C15H17N5OS/c1-11(13-5-2-4-12(8-13)9-16)22-15-17-18-19-20(15)10-14-6-3-7-21-14/h2,4-5,8,11,14H,3,6-7,10H2,1H3. The lowest BCUT2D eigenvalue weighted by atomic mass is 10.1. The number of benzene rings is 1. The lowest BCUT2D eigenvalue weighted by molar-refractivity contribution is 0.0911. The van der Waals surface area contributed by atoms with Crippen LogP contribution >= 0.6 is 11.8 Å². The lowest BCUT2D eigenvalue weighted by Crippen LogP contribution is -2.17. The van der Waals surface area contributed by atoms with Gasteiger partial charge in [-0.05, 0) is 47.9 Å². The molecule has 3 rings (SSSR count). The fourth-order valence-corrected chi connectivity index (χ4v) is 3.38. The predicted molar refractivity (Wildman–Crippen MR) is 82.2 cm³/mol. The van der Waals surface area contributed by atoms with Gasteiger partial charge in [-0.25, -0.2) is 4.68 Å². The van der Waals surface area contributed by atoms with Gasteiger partial charge in [0.25, 0.3) is 0 Å². The molecule has 1 saturated heterocycles. The first kappa shape index (κ1) is 15.0. The number of nitriles is 1. The molecule has 0 N–H and O–H groups in total. The van der Waals surface area contributed by atoms with Crippen molar-refractivity contribution in [2.24, 2.45) is 0 Å². The fraction of sp³-hybridized carbons (Fsp3) is 0.467. The highest BCUT2D eigenvalue weighted by Gasteiger charge is 2.20. The zero-order chi connectivity index (χ0) is 15.4. The molecule has 1 aromatic carbocycles. The first-order valence-corrected chi connectivity index (χ1v) is 8.18. The minimum absolute atomic E-state index is 0.169. The van der Waals surface area contributed by atoms with Gasteiger partial charge in [0.2, 0.25) is 5.16 Å². The van der Waals surface area contributed by atoms with Crippen molar-refractivity contribution in [3.05, 3.63) is 35.4 Å². The second kappa shape index (κ2) is 6.90. The molecule has 2 atom stereocenters. The summed E-state index contributed by atoms with van der Waals surface area (Å²) in [6.07, 6.45) is 2.37. The van der Waals surface area contributed by atoms with Crippen LogP contribution < -0.4 is 0 Å². The summed E-state index contributed by atoms with van der Waals surface area (Å²) in [6.45, 7) is 3.61. The highest BCUT2D eigenvalue weighted by Crippen LogP contribution is 2.33. The van der Waals surface area contributed by atoms with Gasteiger partial charge in [-0.2, -0.15) is 5.26 Å². The van der Waals surface area contributed by atoms with Crippen molar-refractivity contribution in [2.45, 2.75) is 42.8 Å². The van der Waals surface area contributed by atoms with Gasteiger partial charge >= 0.3 is 0 Å². The van der Waals surface area contributed by atoms with E-state index < -0.39 is 0 Å². The first-order chi connectivity index (χ1) is 10.8. The normalized spacial score (nSPS) is 19.0. The Morgan fingerprint density at radius 1 is 1.55 bits per heavy atom. The molecule has 1 aliphatic heterocycles. The van der Waals surface area contributed by atoms with E-state index in [1.165, 1.54) is 0 Å². The lowest BCUT2D eigenvalue weighted by Gasteiger charge is -2.13. The third-order valence-electron chi connectivity index (χ3n) is 3.67. The minimum Gasteiger partial charge on any atom is -0.376 e. The van der Waals surface area contributed by atoms with Gasteiger partial charge in [0.05, 0.1) is 24.3 Å². The van der Waals surface area contributed by atoms with Gasteiger partial charge in [-0.3, -0.25) is 0 Å². The van der Waals surface area contributed by atoms with Crippen molar-refractivity contribution >= 4 is 11.8 Å². The molecule has 1 aromatic heterocycles. The van der Waals surface area contributed by atoms with E-state index in [4.69, 9.17) is 10.00 Å². The summed E-state index contributed by atoms with van der Waals surface area (Å²) in [5, 5.41) is 21.9. The number of hydrogen-bond donors (Lipinski definition) is 0. The molecule has 2 unspecified atom stereocenters. The smallest absolute Gasteiger partial charge is 0.209 e. The molecule has 1 fully saturated rings. The van der Waals surface area contributed by atoms with Crippen molar-refractivity contribution < 1.29 is 4.74 Å². The minimum atomic E-state index is 0.169. The molecule has 0 aliphatic carbocycles. The molecule has 2 aromatic rings. The Morgan fingerprint density at radius 2 is 2.45 bits per heavy atom. The van der Waals surface area contributed by atoms with Gasteiger partial charge in [-0.15, -0.1) is 5.10 Å². The number of tetrazole rings is 1. The van der Waals surface area contributed by atoms with E-state index in [0.29, 0.717) is 12.1 Å². The molecule has 0 amide bonds. The summed E-state index contributed by atoms with van der Waals surface area (Å²) in [5.41, 5.74) is 1.76. The van der Waals surface area contributed by atoms with Crippen LogP contribution in [0, 0.1) is 11.3 Å². The van der Waals surface area contributed by atoms with Crippen molar-refractivity contribution in [3.8, 4) is 6.07 Å². The average molecular weight is 315 g/mol. The number of hydrogen-bond acceptors (Lipinski definition) is 6. The molecule has 0 saturated carbocycles. The highest BCUT2D eigenvalue weighted by atomic mass is 32.2. The predicted octanol–water partition coefficient (Wildman–Crippen LogP) is 2.58. The van der Waals surface area contributed by atoms with Crippen LogP contribution in [0.5, 0.6) is 0 Å². The Balaban J connectivity index is 1.70. The Labute approximate surface area is 133 Å². The highest BCUT2D eigenvalue weighted by molar-refractivity contribution is 7.99. The summed E-state index contributed by atoms with van der Waals surface area (Å²) in [5.74, 6) is 0. The van der Waals surface area contributed by atoms with Crippen LogP contribution in [-0.4, -0.2) is 32.9 Å². The number of aromatic nitrogens is 4. The maximum atomic E-state index is 9.00. The number of thioether (sulfide) groups is 1. The average Bonchev–Trinajstić information content (AvgIpc) is 3.20. The Morgan fingerprint density at radius 3 is 3.23 bits per heavy atom. The maximum Gasteiger partial charge on any atom is 0.209 e. The maximum absolute atomic E-state index is 9.00. The molecule has 22 heavy (non-hydrogen) atoms. The zero-order valence-electron chi connectivity index (χ0n) is 12.3. The van der Waals surface area contributed by atoms with Crippen LogP contribution in [0.2, 0.25) is 0 Å². The second-order valence-corrected chi connectivity index (χ2v) is 6.58. The molecule has 1 aliphatic rings. The third kappa shape index (κ3) is 3.46. The van der Waals surface area contributed by atoms with Crippen LogP contribution in [-0.2, 0) is 11.3 Å². The molecule has 2 heterocycles. The second-order valence-electron chi connectivity index (χ2n) is 5.28. The van der Waals surface area contributed by atoms with E-state index in [1.807, 2.05) is 28.9 Å². The molecule has 0 radical (unpaired) electrons. The molecule has 0 spiro atoms. The van der Waals surface area contributed by atoms with Gasteiger partial charge in [-0.1, -0.05) is 23.9 Å². The van der Waals surface area contributed by atoms with Gasteiger partial charge in [0, 0.05) is 11.9 Å². The van der Waals surface area contributed by atoms with Crippen LogP contribution in [0.25, 0.3) is 0 Å². The van der Waals surface area contributed by atoms with Gasteiger partial charge < -0.3 is 4.74 Å². The number of ether oxygens (including phenoxy) is 1. The van der Waals surface area contributed by atoms with Crippen molar-refractivity contribution in [3.63, 3.8) is 0 Å². The third-order valence-corrected chi connectivity index (χ3v) is 4.80. The van der Waals surface area contributed by atoms with E-state index >= 15 is 0 Å². The quantitative estimate of drug-likeness (QED) is 0.789. The van der Waals surface area contributed by atoms with Crippen LogP contribution in [0.15, 0.2) is 29.4 Å². The molecule has 7 heteroatoms. The van der Waals surface area contributed by atoms with E-state index in [1.54, 1.807) is 11.8 Å². The topological polar surface area (TPSA) is 76.6 Å². The van der Waals surface area contributed by atoms with E-state index in [2.05, 4.69) is 28.5 Å². The van der Waals surface area contributed by atoms with Gasteiger partial charge in [0.15, 0.2) is 0 Å². The van der Waals surface area contributed by atoms with E-state index in [9.17, 15) is 0 Å². The van der Waals surface area contributed by atoms with Crippen molar-refractivity contribution in [1.29, 1.82) is 5.26 Å². The molecular weight excluding hydrogens is 298 g/mol. The molecule has 114 valence electrons. The molecular formula is C15H17N5OS. The summed E-state index contributed by atoms with van der Waals surface area (Å²) in [6, 6.07) is 9.81. The van der Waals surface area contributed by atoms with Crippen molar-refractivity contribution in [2.75, 3.05) is 6.61 Å². The summed E-state index contributed by atoms with van der Waals surface area (Å²) in [7, 11) is 0. The van der Waals surface area contributed by atoms with Crippen LogP contribution in [0.3, 0.4) is 0 Å². The van der Waals surface area contributed by atoms with Crippen LogP contribution in [0.1, 0.15) is 36.1 Å². The molecule has 6 nitrogen and oxygen atoms in total. The number of rotatable bonds is 5. The first-order valence-electron chi connectivity index (χ1n) is 7.31. The molecule has 0 bridgehead atoms. The van der Waals surface area contributed by atoms with Crippen LogP contribution in [0.4, 0.5) is 0 Å². The van der Waals surface area contributed by atoms with E-state index in [-0.39, 0.29) is 11.4 Å². The zero-order valence-corrected chi connectivity index (χ0v) is 13.2. The fourth-order valence-electron chi connectivity index (χ4n) is 2.46. The van der Waals surface area contributed by atoms with Crippen molar-refractivity contribution in [1.82, 2.24) is 20.2 Å². The Hall–Kier alpha value is -1.91. The monoisotopic (exact) mass is 315 g/mol. The van der Waals surface area contributed by atoms with Gasteiger partial charge in [0.1, 0.15) is 0 Å². The summed E-state index contributed by atoms with van der Waals surface area (Å²) >= 11 is 1.59. The SMILES string of the molecule is CC(Sc1nnnn1CC1CCCO1)c1cccc(C#N)c1. The summed E-state index contributed by atoms with van der Waals surface area (Å²) in [4.78, 5) is 0. The Bertz CT molecular complexity index is 675. The van der Waals surface area contributed by atoms with E-state index in [0.717, 1.165) is 30.2 Å². The summed E-state index contributed by atoms with van der Waals surface area (Å²) < 4.78 is 7.45.